The molecule has 0 aliphatic rings. The molecular formula is C16H34. The Morgan fingerprint density at radius 1 is 0.688 bits per heavy atom. The largest absolute Gasteiger partial charge is 0.0654 e. The first-order valence-corrected chi connectivity index (χ1v) is 7.45. The first-order valence-electron chi connectivity index (χ1n) is 7.45. The van der Waals surface area contributed by atoms with E-state index in [1.807, 2.05) is 0 Å². The van der Waals surface area contributed by atoms with Gasteiger partial charge < -0.3 is 0 Å². The molecule has 0 aromatic rings. The molecule has 0 bridgehead atoms. The average molecular weight is 226 g/mol. The SMILES string of the molecule is CCCC(C)C(CCC)C(C)C(C)C(C)C. The zero-order valence-corrected chi connectivity index (χ0v) is 12.7. The van der Waals surface area contributed by atoms with Gasteiger partial charge >= 0.3 is 0 Å². The molecule has 0 aromatic heterocycles. The van der Waals surface area contributed by atoms with Crippen LogP contribution in [0.5, 0.6) is 0 Å². The third-order valence-electron chi connectivity index (χ3n) is 4.65. The predicted octanol–water partition coefficient (Wildman–Crippen LogP) is 5.77. The molecule has 0 nitrogen and oxygen atoms in total. The van der Waals surface area contributed by atoms with Crippen molar-refractivity contribution >= 4 is 0 Å². The van der Waals surface area contributed by atoms with Gasteiger partial charge in [-0.1, -0.05) is 74.1 Å². The fourth-order valence-corrected chi connectivity index (χ4v) is 3.07. The highest BCUT2D eigenvalue weighted by molar-refractivity contribution is 4.77. The summed E-state index contributed by atoms with van der Waals surface area (Å²) in [6.45, 7) is 16.8. The van der Waals surface area contributed by atoms with Gasteiger partial charge in [0.2, 0.25) is 0 Å². The Kier molecular flexibility index (Phi) is 8.14. The minimum atomic E-state index is 0.822. The first-order chi connectivity index (χ1) is 7.45. The monoisotopic (exact) mass is 226 g/mol. The summed E-state index contributed by atoms with van der Waals surface area (Å²) in [7, 11) is 0. The first kappa shape index (κ1) is 16.0. The van der Waals surface area contributed by atoms with Crippen LogP contribution in [0.4, 0.5) is 0 Å². The normalized spacial score (nSPS) is 19.5. The van der Waals surface area contributed by atoms with Gasteiger partial charge in [-0.25, -0.2) is 0 Å². The van der Waals surface area contributed by atoms with Gasteiger partial charge in [-0.15, -0.1) is 0 Å². The van der Waals surface area contributed by atoms with Crippen LogP contribution in [0.3, 0.4) is 0 Å². The van der Waals surface area contributed by atoms with E-state index in [4.69, 9.17) is 0 Å². The molecule has 0 heteroatoms. The van der Waals surface area contributed by atoms with Crippen molar-refractivity contribution in [2.24, 2.45) is 29.6 Å². The predicted molar refractivity (Wildman–Crippen MR) is 75.6 cm³/mol. The molecule has 0 aliphatic carbocycles. The van der Waals surface area contributed by atoms with E-state index >= 15 is 0 Å². The van der Waals surface area contributed by atoms with Gasteiger partial charge in [0.15, 0.2) is 0 Å². The average Bonchev–Trinajstić information content (AvgIpc) is 2.24. The minimum absolute atomic E-state index is 0.822. The summed E-state index contributed by atoms with van der Waals surface area (Å²) in [5, 5.41) is 0. The molecule has 0 saturated carbocycles. The van der Waals surface area contributed by atoms with Gasteiger partial charge in [-0.3, -0.25) is 0 Å². The number of hydrogen-bond acceptors (Lipinski definition) is 0. The molecule has 0 N–H and O–H groups in total. The smallest absolute Gasteiger partial charge is 0.0360 e. The molecule has 4 atom stereocenters. The summed E-state index contributed by atoms with van der Waals surface area (Å²) >= 11 is 0. The summed E-state index contributed by atoms with van der Waals surface area (Å²) in [5.74, 6) is 4.39. The molecule has 0 amide bonds. The lowest BCUT2D eigenvalue weighted by atomic mass is 9.71. The third kappa shape index (κ3) is 4.89. The van der Waals surface area contributed by atoms with Crippen molar-refractivity contribution in [3.8, 4) is 0 Å². The molecule has 0 aliphatic heterocycles. The van der Waals surface area contributed by atoms with Crippen molar-refractivity contribution in [2.45, 2.75) is 74.1 Å². The number of rotatable bonds is 8. The highest BCUT2D eigenvalue weighted by Crippen LogP contribution is 2.35. The molecule has 16 heavy (non-hydrogen) atoms. The standard InChI is InChI=1S/C16H34/c1-8-10-13(5)16(11-9-2)15(7)14(6)12(3)4/h12-16H,8-11H2,1-7H3. The van der Waals surface area contributed by atoms with Gasteiger partial charge in [0, 0.05) is 0 Å². The van der Waals surface area contributed by atoms with Gasteiger partial charge in [0.1, 0.15) is 0 Å². The fourth-order valence-electron chi connectivity index (χ4n) is 3.07. The molecule has 0 aromatic carbocycles. The maximum atomic E-state index is 2.48. The molecule has 0 fully saturated rings. The maximum absolute atomic E-state index is 2.48. The zero-order valence-electron chi connectivity index (χ0n) is 12.7. The van der Waals surface area contributed by atoms with Crippen LogP contribution >= 0.6 is 0 Å². The van der Waals surface area contributed by atoms with Gasteiger partial charge in [-0.2, -0.15) is 0 Å². The lowest BCUT2D eigenvalue weighted by molar-refractivity contribution is 0.146. The van der Waals surface area contributed by atoms with Gasteiger partial charge in [0.25, 0.3) is 0 Å². The van der Waals surface area contributed by atoms with E-state index in [2.05, 4.69) is 48.5 Å². The van der Waals surface area contributed by atoms with Crippen LogP contribution in [0.25, 0.3) is 0 Å². The molecule has 4 unspecified atom stereocenters. The Hall–Kier alpha value is 0. The lowest BCUT2D eigenvalue weighted by Gasteiger charge is -2.35. The van der Waals surface area contributed by atoms with E-state index in [1.165, 1.54) is 25.7 Å². The van der Waals surface area contributed by atoms with Crippen LogP contribution in [0.2, 0.25) is 0 Å². The van der Waals surface area contributed by atoms with E-state index in [9.17, 15) is 0 Å². The van der Waals surface area contributed by atoms with Gasteiger partial charge in [0.05, 0.1) is 0 Å². The van der Waals surface area contributed by atoms with E-state index in [0.29, 0.717) is 0 Å². The van der Waals surface area contributed by atoms with Crippen molar-refractivity contribution in [2.75, 3.05) is 0 Å². The Morgan fingerprint density at radius 3 is 1.56 bits per heavy atom. The summed E-state index contributed by atoms with van der Waals surface area (Å²) in [6.07, 6.45) is 5.50. The van der Waals surface area contributed by atoms with Crippen LogP contribution < -0.4 is 0 Å². The Labute approximate surface area is 104 Å². The number of hydrogen-bond donors (Lipinski definition) is 0. The minimum Gasteiger partial charge on any atom is -0.0654 e. The van der Waals surface area contributed by atoms with Crippen LogP contribution in [-0.4, -0.2) is 0 Å². The quantitative estimate of drug-likeness (QED) is 0.493. The highest BCUT2D eigenvalue weighted by atomic mass is 14.3. The Bertz CT molecular complexity index is 159. The van der Waals surface area contributed by atoms with Crippen molar-refractivity contribution in [1.29, 1.82) is 0 Å². The molecule has 0 radical (unpaired) electrons. The molecule has 0 spiro atoms. The lowest BCUT2D eigenvalue weighted by Crippen LogP contribution is -2.27. The molecular weight excluding hydrogens is 192 g/mol. The van der Waals surface area contributed by atoms with Crippen LogP contribution in [0, 0.1) is 29.6 Å². The van der Waals surface area contributed by atoms with Crippen LogP contribution in [0.1, 0.15) is 74.1 Å². The topological polar surface area (TPSA) is 0 Å². The summed E-state index contributed by atoms with van der Waals surface area (Å²) < 4.78 is 0. The summed E-state index contributed by atoms with van der Waals surface area (Å²) in [5.41, 5.74) is 0. The maximum Gasteiger partial charge on any atom is -0.0360 e. The van der Waals surface area contributed by atoms with Crippen LogP contribution in [-0.2, 0) is 0 Å². The van der Waals surface area contributed by atoms with Crippen molar-refractivity contribution in [3.05, 3.63) is 0 Å². The second-order valence-corrected chi connectivity index (χ2v) is 6.18. The second-order valence-electron chi connectivity index (χ2n) is 6.18. The van der Waals surface area contributed by atoms with Crippen molar-refractivity contribution in [1.82, 2.24) is 0 Å². The fraction of sp³-hybridized carbons (Fsp3) is 1.00. The van der Waals surface area contributed by atoms with Gasteiger partial charge in [-0.05, 0) is 29.6 Å². The van der Waals surface area contributed by atoms with E-state index in [1.54, 1.807) is 0 Å². The summed E-state index contributed by atoms with van der Waals surface area (Å²) in [6, 6.07) is 0. The Morgan fingerprint density at radius 2 is 1.19 bits per heavy atom. The van der Waals surface area contributed by atoms with Crippen LogP contribution in [0.15, 0.2) is 0 Å². The molecule has 0 saturated heterocycles. The van der Waals surface area contributed by atoms with Crippen molar-refractivity contribution < 1.29 is 0 Å². The molecule has 0 heterocycles. The highest BCUT2D eigenvalue weighted by Gasteiger charge is 2.27. The zero-order chi connectivity index (χ0) is 12.7. The van der Waals surface area contributed by atoms with E-state index in [0.717, 1.165) is 29.6 Å². The van der Waals surface area contributed by atoms with Crippen molar-refractivity contribution in [3.63, 3.8) is 0 Å². The molecule has 0 rings (SSSR count). The second kappa shape index (κ2) is 8.14. The Balaban J connectivity index is 4.49. The molecule has 98 valence electrons. The third-order valence-corrected chi connectivity index (χ3v) is 4.65. The van der Waals surface area contributed by atoms with E-state index < -0.39 is 0 Å². The summed E-state index contributed by atoms with van der Waals surface area (Å²) in [4.78, 5) is 0. The van der Waals surface area contributed by atoms with E-state index in [-0.39, 0.29) is 0 Å².